The number of aryl methyl sites for hydroxylation is 2. The number of rotatable bonds is 10. The van der Waals surface area contributed by atoms with Gasteiger partial charge in [-0.25, -0.2) is 14.4 Å². The molecule has 4 aliphatic rings. The van der Waals surface area contributed by atoms with Crippen LogP contribution in [-0.4, -0.2) is 111 Å². The minimum absolute atomic E-state index is 0.0436. The number of aromatic nitrogens is 6. The Morgan fingerprint density at radius 2 is 1.70 bits per heavy atom. The van der Waals surface area contributed by atoms with Crippen molar-refractivity contribution in [1.29, 1.82) is 0 Å². The van der Waals surface area contributed by atoms with Crippen LogP contribution in [0.15, 0.2) is 41.5 Å². The van der Waals surface area contributed by atoms with Gasteiger partial charge in [0.25, 0.3) is 11.5 Å². The number of pyridine rings is 2. The highest BCUT2D eigenvalue weighted by Gasteiger charge is 2.39. The Kier molecular flexibility index (Phi) is 11.7. The molecule has 4 aliphatic heterocycles. The van der Waals surface area contributed by atoms with Crippen LogP contribution in [0.25, 0.3) is 21.9 Å². The van der Waals surface area contributed by atoms with E-state index in [2.05, 4.69) is 45.7 Å². The SMILES string of the molecule is CNC(=O)COc1cc2cc(Nc3nc(N4CCC5(CCN(CC6CCN(c7cc8c(cc7F)c(C7CCC(=O)NC7=O)nn8C)CC6)CC5)CC4)ncc3Cl)cnc2n(C)c1=O. The average Bonchev–Trinajstić information content (AvgIpc) is 3.60. The van der Waals surface area contributed by atoms with Gasteiger partial charge in [-0.2, -0.15) is 10.1 Å². The number of carbonyl (C=O) groups excluding carboxylic acids is 3. The minimum Gasteiger partial charge on any atom is -0.478 e. The van der Waals surface area contributed by atoms with Crippen molar-refractivity contribution in [2.24, 2.45) is 25.4 Å². The molecule has 4 saturated heterocycles. The maximum atomic E-state index is 15.7. The summed E-state index contributed by atoms with van der Waals surface area (Å²) in [5.74, 6) is -0.241. The first-order chi connectivity index (χ1) is 30.4. The molecule has 1 atom stereocenters. The molecule has 0 radical (unpaired) electrons. The van der Waals surface area contributed by atoms with Gasteiger partial charge in [0.15, 0.2) is 18.2 Å². The number of halogens is 2. The molecule has 1 unspecified atom stereocenters. The van der Waals surface area contributed by atoms with Crippen LogP contribution >= 0.6 is 11.6 Å². The quantitative estimate of drug-likeness (QED) is 0.168. The summed E-state index contributed by atoms with van der Waals surface area (Å²) in [6, 6.07) is 6.77. The lowest BCUT2D eigenvalue weighted by atomic mass is 9.71. The van der Waals surface area contributed by atoms with E-state index in [1.807, 2.05) is 19.2 Å². The Bertz CT molecular complexity index is 2650. The first kappa shape index (κ1) is 42.4. The molecule has 3 N–H and O–H groups in total. The van der Waals surface area contributed by atoms with Crippen LogP contribution in [0, 0.1) is 17.2 Å². The maximum absolute atomic E-state index is 15.7. The number of imide groups is 1. The van der Waals surface area contributed by atoms with Crippen LogP contribution in [0.2, 0.25) is 5.02 Å². The molecule has 0 bridgehead atoms. The van der Waals surface area contributed by atoms with Crippen molar-refractivity contribution in [1.82, 2.24) is 44.8 Å². The number of nitrogens with zero attached hydrogens (tertiary/aromatic N) is 9. The van der Waals surface area contributed by atoms with Gasteiger partial charge in [-0.3, -0.25) is 33.7 Å². The Morgan fingerprint density at radius 3 is 2.43 bits per heavy atom. The van der Waals surface area contributed by atoms with Crippen molar-refractivity contribution in [3.63, 3.8) is 0 Å². The Morgan fingerprint density at radius 1 is 0.952 bits per heavy atom. The molecule has 17 nitrogen and oxygen atoms in total. The Hall–Kier alpha value is -5.88. The summed E-state index contributed by atoms with van der Waals surface area (Å²) < 4.78 is 24.3. The largest absolute Gasteiger partial charge is 0.478 e. The zero-order chi connectivity index (χ0) is 44.0. The predicted molar refractivity (Wildman–Crippen MR) is 237 cm³/mol. The highest BCUT2D eigenvalue weighted by molar-refractivity contribution is 6.33. The molecule has 5 aromatic rings. The predicted octanol–water partition coefficient (Wildman–Crippen LogP) is 4.39. The molecule has 0 aliphatic carbocycles. The number of likely N-dealkylation sites (tertiary alicyclic amines) is 1. The molecule has 19 heteroatoms. The van der Waals surface area contributed by atoms with Gasteiger partial charge in [-0.1, -0.05) is 11.6 Å². The van der Waals surface area contributed by atoms with E-state index in [0.29, 0.717) is 68.0 Å². The van der Waals surface area contributed by atoms with E-state index in [9.17, 15) is 19.2 Å². The molecule has 1 spiro atoms. The zero-order valence-corrected chi connectivity index (χ0v) is 36.5. The van der Waals surface area contributed by atoms with Crippen molar-refractivity contribution < 1.29 is 23.5 Å². The number of carbonyl (C=O) groups is 3. The Labute approximate surface area is 368 Å². The lowest BCUT2D eigenvalue weighted by Gasteiger charge is -2.47. The first-order valence-electron chi connectivity index (χ1n) is 21.7. The third-order valence-electron chi connectivity index (χ3n) is 13.7. The second kappa shape index (κ2) is 17.4. The summed E-state index contributed by atoms with van der Waals surface area (Å²) in [7, 11) is 4.91. The molecule has 332 valence electrons. The summed E-state index contributed by atoms with van der Waals surface area (Å²) in [4.78, 5) is 69.7. The second-order valence-corrected chi connectivity index (χ2v) is 17.9. The smallest absolute Gasteiger partial charge is 0.294 e. The lowest BCUT2D eigenvalue weighted by Crippen LogP contribution is -2.48. The normalized spacial score (nSPS) is 19.8. The number of piperidine rings is 4. The number of ether oxygens (including phenoxy) is 1. The molecule has 63 heavy (non-hydrogen) atoms. The van der Waals surface area contributed by atoms with E-state index in [-0.39, 0.29) is 42.3 Å². The highest BCUT2D eigenvalue weighted by atomic mass is 35.5. The van der Waals surface area contributed by atoms with Crippen LogP contribution in [-0.2, 0) is 28.5 Å². The van der Waals surface area contributed by atoms with Crippen LogP contribution < -0.4 is 36.0 Å². The second-order valence-electron chi connectivity index (χ2n) is 17.5. The topological polar surface area (TPSA) is 185 Å². The highest BCUT2D eigenvalue weighted by Crippen LogP contribution is 2.43. The zero-order valence-electron chi connectivity index (χ0n) is 35.8. The van der Waals surface area contributed by atoms with Gasteiger partial charge in [0.2, 0.25) is 17.8 Å². The molecule has 0 saturated carbocycles. The number of fused-ring (bicyclic) bond motifs is 2. The standard InChI is InChI=1S/C44H52ClFN12O5/c1-47-37(60)25-63-35-19-27-18-28(22-48-40(27)54(2)42(35)62)50-39-31(45)23-49-43(52-39)58-16-10-44(11-17-58)8-14-56(15-9-44)24-26-6-12-57(13-7-26)34-21-33-30(20-32(34)46)38(53-55(33)3)29-4-5-36(59)51-41(29)61/h18-23,26,29H,4-17,24-25H2,1-3H3,(H,47,60)(H,49,50,52)(H,51,59,61). The fraction of sp³-hybridized carbons (Fsp3) is 0.500. The molecule has 1 aromatic carbocycles. The number of nitrogens with one attached hydrogen (secondary N) is 3. The molecule has 3 amide bonds. The third kappa shape index (κ3) is 8.62. The van der Waals surface area contributed by atoms with Gasteiger partial charge in [0.1, 0.15) is 16.5 Å². The van der Waals surface area contributed by atoms with Gasteiger partial charge < -0.3 is 30.1 Å². The number of anilines is 4. The molecule has 4 fully saturated rings. The summed E-state index contributed by atoms with van der Waals surface area (Å²) in [5.41, 5.74) is 2.84. The number of hydrogen-bond acceptors (Lipinski definition) is 13. The third-order valence-corrected chi connectivity index (χ3v) is 13.9. The fourth-order valence-corrected chi connectivity index (χ4v) is 9.95. The van der Waals surface area contributed by atoms with Gasteiger partial charge in [-0.15, -0.1) is 0 Å². The van der Waals surface area contributed by atoms with E-state index in [1.54, 1.807) is 30.2 Å². The van der Waals surface area contributed by atoms with Crippen LogP contribution in [0.4, 0.5) is 27.5 Å². The van der Waals surface area contributed by atoms with E-state index in [0.717, 1.165) is 89.9 Å². The van der Waals surface area contributed by atoms with Gasteiger partial charge in [0.05, 0.1) is 40.9 Å². The average molecular weight is 883 g/mol. The minimum atomic E-state index is -0.573. The fourth-order valence-electron chi connectivity index (χ4n) is 9.81. The Balaban J connectivity index is 0.764. The number of likely N-dealkylation sites (N-methyl/N-ethyl adjacent to an activating group) is 1. The van der Waals surface area contributed by atoms with E-state index >= 15 is 4.39 Å². The van der Waals surface area contributed by atoms with E-state index < -0.39 is 11.5 Å². The molecule has 8 heterocycles. The van der Waals surface area contributed by atoms with Gasteiger partial charge in [-0.05, 0) is 93.6 Å². The van der Waals surface area contributed by atoms with Gasteiger partial charge in [0, 0.05) is 71.1 Å². The lowest BCUT2D eigenvalue weighted by molar-refractivity contribution is -0.134. The monoisotopic (exact) mass is 882 g/mol. The van der Waals surface area contributed by atoms with Crippen molar-refractivity contribution in [2.75, 3.05) is 74.6 Å². The van der Waals surface area contributed by atoms with Crippen LogP contribution in [0.1, 0.15) is 63.0 Å². The van der Waals surface area contributed by atoms with Gasteiger partial charge >= 0.3 is 0 Å². The summed E-state index contributed by atoms with van der Waals surface area (Å²) in [6.45, 7) is 6.18. The number of amides is 3. The summed E-state index contributed by atoms with van der Waals surface area (Å²) >= 11 is 6.58. The summed E-state index contributed by atoms with van der Waals surface area (Å²) in [6.07, 6.45) is 10.3. The number of benzene rings is 1. The number of hydrogen-bond donors (Lipinski definition) is 3. The molecular formula is C44H52ClFN12O5. The van der Waals surface area contributed by atoms with Crippen molar-refractivity contribution in [2.45, 2.75) is 57.3 Å². The van der Waals surface area contributed by atoms with E-state index in [1.165, 1.54) is 17.7 Å². The maximum Gasteiger partial charge on any atom is 0.294 e. The van der Waals surface area contributed by atoms with E-state index in [4.69, 9.17) is 21.3 Å². The van der Waals surface area contributed by atoms with Crippen LogP contribution in [0.5, 0.6) is 5.75 Å². The van der Waals surface area contributed by atoms with Crippen LogP contribution in [0.3, 0.4) is 0 Å². The summed E-state index contributed by atoms with van der Waals surface area (Å²) in [5, 5.41) is 14.4. The van der Waals surface area contributed by atoms with Crippen molar-refractivity contribution in [3.8, 4) is 5.75 Å². The molecule has 9 rings (SSSR count). The molecule has 4 aromatic heterocycles. The van der Waals surface area contributed by atoms with Crippen molar-refractivity contribution in [3.05, 3.63) is 63.5 Å². The van der Waals surface area contributed by atoms with Crippen molar-refractivity contribution >= 4 is 74.4 Å². The first-order valence-corrected chi connectivity index (χ1v) is 22.1. The molecular weight excluding hydrogens is 831 g/mol.